The third-order valence-electron chi connectivity index (χ3n) is 4.12. The highest BCUT2D eigenvalue weighted by Crippen LogP contribution is 2.38. The predicted octanol–water partition coefficient (Wildman–Crippen LogP) is 4.37. The Bertz CT molecular complexity index is 714. The Hall–Kier alpha value is -1.46. The molecule has 6 heteroatoms. The van der Waals surface area contributed by atoms with Crippen molar-refractivity contribution >= 4 is 28.9 Å². The molecule has 0 saturated carbocycles. The number of hydrogen-bond donors (Lipinski definition) is 1. The van der Waals surface area contributed by atoms with E-state index >= 15 is 0 Å². The number of nitrogen functional groups attached to an aromatic ring is 1. The smallest absolute Gasteiger partial charge is 0.164 e. The van der Waals surface area contributed by atoms with Gasteiger partial charge in [0, 0.05) is 32.4 Å². The SMILES string of the molecule is COCCN1CCc2cc(Oc3c(Cl)cc(N)cc3Cl)ccc2C1. The number of hydrogen-bond acceptors (Lipinski definition) is 4. The standard InChI is InChI=1S/C18H20Cl2N2O2/c1-23-7-6-22-5-4-12-8-15(3-2-13(12)11-22)24-18-16(19)9-14(21)10-17(18)20/h2-3,8-10H,4-7,11,21H2,1H3. The molecule has 0 saturated heterocycles. The molecule has 0 aliphatic carbocycles. The van der Waals surface area contributed by atoms with E-state index in [9.17, 15) is 0 Å². The van der Waals surface area contributed by atoms with Gasteiger partial charge in [-0.25, -0.2) is 0 Å². The first-order valence-corrected chi connectivity index (χ1v) is 8.58. The number of ether oxygens (including phenoxy) is 2. The Morgan fingerprint density at radius 2 is 1.88 bits per heavy atom. The van der Waals surface area contributed by atoms with E-state index in [1.807, 2.05) is 6.07 Å². The number of anilines is 1. The van der Waals surface area contributed by atoms with Crippen LogP contribution in [0.4, 0.5) is 5.69 Å². The van der Waals surface area contributed by atoms with Crippen molar-refractivity contribution in [2.24, 2.45) is 0 Å². The fraction of sp³-hybridized carbons (Fsp3) is 0.333. The molecular formula is C18H20Cl2N2O2. The van der Waals surface area contributed by atoms with Crippen LogP contribution in [0, 0.1) is 0 Å². The van der Waals surface area contributed by atoms with Gasteiger partial charge in [-0.1, -0.05) is 29.3 Å². The zero-order chi connectivity index (χ0) is 17.1. The third-order valence-corrected chi connectivity index (χ3v) is 4.68. The van der Waals surface area contributed by atoms with Gasteiger partial charge in [0.05, 0.1) is 16.7 Å². The van der Waals surface area contributed by atoms with Crippen LogP contribution in [0.15, 0.2) is 30.3 Å². The fourth-order valence-electron chi connectivity index (χ4n) is 2.86. The Morgan fingerprint density at radius 1 is 1.12 bits per heavy atom. The quantitative estimate of drug-likeness (QED) is 0.798. The molecule has 0 spiro atoms. The van der Waals surface area contributed by atoms with Crippen LogP contribution in [-0.2, 0) is 17.7 Å². The van der Waals surface area contributed by atoms with Crippen molar-refractivity contribution in [2.75, 3.05) is 32.5 Å². The van der Waals surface area contributed by atoms with Crippen molar-refractivity contribution in [3.63, 3.8) is 0 Å². The molecule has 0 radical (unpaired) electrons. The number of benzene rings is 2. The van der Waals surface area contributed by atoms with E-state index in [1.165, 1.54) is 11.1 Å². The first-order chi connectivity index (χ1) is 11.6. The summed E-state index contributed by atoms with van der Waals surface area (Å²) in [5.41, 5.74) is 8.85. The maximum atomic E-state index is 6.19. The van der Waals surface area contributed by atoms with Crippen LogP contribution in [-0.4, -0.2) is 31.7 Å². The van der Waals surface area contributed by atoms with E-state index in [0.29, 0.717) is 21.5 Å². The van der Waals surface area contributed by atoms with Crippen LogP contribution >= 0.6 is 23.2 Å². The molecule has 3 rings (SSSR count). The van der Waals surface area contributed by atoms with Crippen LogP contribution in [0.3, 0.4) is 0 Å². The molecule has 0 amide bonds. The molecule has 2 N–H and O–H groups in total. The lowest BCUT2D eigenvalue weighted by Gasteiger charge is -2.28. The first kappa shape index (κ1) is 17.4. The molecule has 1 aliphatic heterocycles. The van der Waals surface area contributed by atoms with Gasteiger partial charge in [-0.2, -0.15) is 0 Å². The summed E-state index contributed by atoms with van der Waals surface area (Å²) in [6, 6.07) is 9.38. The van der Waals surface area contributed by atoms with E-state index in [2.05, 4.69) is 17.0 Å². The van der Waals surface area contributed by atoms with Gasteiger partial charge in [0.25, 0.3) is 0 Å². The van der Waals surface area contributed by atoms with Gasteiger partial charge < -0.3 is 15.2 Å². The Labute approximate surface area is 152 Å². The molecule has 0 aromatic heterocycles. The monoisotopic (exact) mass is 366 g/mol. The van der Waals surface area contributed by atoms with E-state index < -0.39 is 0 Å². The number of fused-ring (bicyclic) bond motifs is 1. The lowest BCUT2D eigenvalue weighted by atomic mass is 9.99. The predicted molar refractivity (Wildman–Crippen MR) is 98.2 cm³/mol. The fourth-order valence-corrected chi connectivity index (χ4v) is 3.44. The molecule has 128 valence electrons. The average molecular weight is 367 g/mol. The molecule has 2 aromatic rings. The van der Waals surface area contributed by atoms with Crippen molar-refractivity contribution in [1.82, 2.24) is 4.90 Å². The first-order valence-electron chi connectivity index (χ1n) is 7.82. The van der Waals surface area contributed by atoms with Gasteiger partial charge in [-0.05, 0) is 41.8 Å². The van der Waals surface area contributed by atoms with Gasteiger partial charge in [-0.3, -0.25) is 4.90 Å². The van der Waals surface area contributed by atoms with Crippen molar-refractivity contribution < 1.29 is 9.47 Å². The molecule has 0 unspecified atom stereocenters. The highest BCUT2D eigenvalue weighted by atomic mass is 35.5. The van der Waals surface area contributed by atoms with Crippen molar-refractivity contribution in [3.8, 4) is 11.5 Å². The zero-order valence-corrected chi connectivity index (χ0v) is 15.0. The summed E-state index contributed by atoms with van der Waals surface area (Å²) in [4.78, 5) is 2.39. The molecule has 0 fully saturated rings. The lowest BCUT2D eigenvalue weighted by Crippen LogP contribution is -2.33. The average Bonchev–Trinajstić information content (AvgIpc) is 2.56. The van der Waals surface area contributed by atoms with E-state index in [0.717, 1.165) is 38.4 Å². The summed E-state index contributed by atoms with van der Waals surface area (Å²) >= 11 is 12.4. The number of halogens is 2. The second-order valence-corrected chi connectivity index (χ2v) is 6.68. The molecule has 1 aliphatic rings. The number of nitrogens with zero attached hydrogens (tertiary/aromatic N) is 1. The van der Waals surface area contributed by atoms with Crippen molar-refractivity contribution in [2.45, 2.75) is 13.0 Å². The molecule has 0 bridgehead atoms. The van der Waals surface area contributed by atoms with Gasteiger partial charge >= 0.3 is 0 Å². The summed E-state index contributed by atoms with van der Waals surface area (Å²) in [6.45, 7) is 3.65. The zero-order valence-electron chi connectivity index (χ0n) is 13.5. The summed E-state index contributed by atoms with van der Waals surface area (Å²) in [6.07, 6.45) is 0.986. The number of nitrogens with two attached hydrogens (primary N) is 1. The molecule has 4 nitrogen and oxygen atoms in total. The minimum Gasteiger partial charge on any atom is -0.454 e. The van der Waals surface area contributed by atoms with Crippen LogP contribution < -0.4 is 10.5 Å². The molecule has 0 atom stereocenters. The molecule has 1 heterocycles. The third kappa shape index (κ3) is 3.95. The Morgan fingerprint density at radius 3 is 2.58 bits per heavy atom. The van der Waals surface area contributed by atoms with Gasteiger partial charge in [0.15, 0.2) is 5.75 Å². The second kappa shape index (κ2) is 7.62. The topological polar surface area (TPSA) is 47.7 Å². The number of rotatable bonds is 5. The lowest BCUT2D eigenvalue weighted by molar-refractivity contribution is 0.140. The highest BCUT2D eigenvalue weighted by molar-refractivity contribution is 6.37. The summed E-state index contributed by atoms with van der Waals surface area (Å²) < 4.78 is 11.1. The second-order valence-electron chi connectivity index (χ2n) is 5.87. The van der Waals surface area contributed by atoms with Crippen molar-refractivity contribution in [1.29, 1.82) is 0 Å². The maximum absolute atomic E-state index is 6.19. The van der Waals surface area contributed by atoms with E-state index in [1.54, 1.807) is 19.2 Å². The summed E-state index contributed by atoms with van der Waals surface area (Å²) in [5.74, 6) is 1.16. The van der Waals surface area contributed by atoms with Gasteiger partial charge in [0.1, 0.15) is 5.75 Å². The van der Waals surface area contributed by atoms with Crippen LogP contribution in [0.5, 0.6) is 11.5 Å². The summed E-state index contributed by atoms with van der Waals surface area (Å²) in [7, 11) is 1.73. The maximum Gasteiger partial charge on any atom is 0.164 e. The van der Waals surface area contributed by atoms with Gasteiger partial charge in [0.2, 0.25) is 0 Å². The largest absolute Gasteiger partial charge is 0.454 e. The molecule has 24 heavy (non-hydrogen) atoms. The van der Waals surface area contributed by atoms with Crippen LogP contribution in [0.1, 0.15) is 11.1 Å². The van der Waals surface area contributed by atoms with Crippen LogP contribution in [0.25, 0.3) is 0 Å². The van der Waals surface area contributed by atoms with Crippen LogP contribution in [0.2, 0.25) is 10.0 Å². The minimum absolute atomic E-state index is 0.406. The summed E-state index contributed by atoms with van der Waals surface area (Å²) in [5, 5.41) is 0.812. The molecule has 2 aromatic carbocycles. The normalized spacial score (nSPS) is 14.5. The Kier molecular flexibility index (Phi) is 5.51. The highest BCUT2D eigenvalue weighted by Gasteiger charge is 2.17. The van der Waals surface area contributed by atoms with E-state index in [-0.39, 0.29) is 0 Å². The minimum atomic E-state index is 0.406. The molecular weight excluding hydrogens is 347 g/mol. The number of methoxy groups -OCH3 is 1. The van der Waals surface area contributed by atoms with Crippen molar-refractivity contribution in [3.05, 3.63) is 51.5 Å². The van der Waals surface area contributed by atoms with E-state index in [4.69, 9.17) is 38.4 Å². The Balaban J connectivity index is 1.76. The van der Waals surface area contributed by atoms with Gasteiger partial charge in [-0.15, -0.1) is 0 Å².